The van der Waals surface area contributed by atoms with Gasteiger partial charge in [0.15, 0.2) is 12.6 Å². The molecular weight excluding hydrogens is 413 g/mol. The molecule has 0 radical (unpaired) electrons. The summed E-state index contributed by atoms with van der Waals surface area (Å²) in [6.07, 6.45) is -2.32. The lowest BCUT2D eigenvalue weighted by Crippen LogP contribution is -2.48. The second-order valence-electron chi connectivity index (χ2n) is 7.10. The molecule has 2 heterocycles. The Morgan fingerprint density at radius 3 is 2.70 bits per heavy atom. The van der Waals surface area contributed by atoms with E-state index in [9.17, 15) is 13.2 Å². The molecule has 3 rings (SSSR count). The fourth-order valence-corrected chi connectivity index (χ4v) is 4.06. The summed E-state index contributed by atoms with van der Waals surface area (Å²) < 4.78 is 41.8. The summed E-state index contributed by atoms with van der Waals surface area (Å²) in [7, 11) is 0. The van der Waals surface area contributed by atoms with Crippen molar-refractivity contribution in [2.45, 2.75) is 38.5 Å². The van der Waals surface area contributed by atoms with E-state index in [0.29, 0.717) is 18.5 Å². The molecule has 5 nitrogen and oxygen atoms in total. The number of nitrogens with one attached hydrogen (secondary N) is 2. The zero-order chi connectivity index (χ0) is 21.4. The summed E-state index contributed by atoms with van der Waals surface area (Å²) in [5.41, 5.74) is 0.791. The highest BCUT2D eigenvalue weighted by molar-refractivity contribution is 7.14. The van der Waals surface area contributed by atoms with E-state index >= 15 is 0 Å². The second-order valence-corrected chi connectivity index (χ2v) is 8.03. The van der Waals surface area contributed by atoms with E-state index in [-0.39, 0.29) is 5.75 Å². The number of halogens is 3. The number of piperidine rings is 1. The van der Waals surface area contributed by atoms with Crippen LogP contribution in [0.25, 0.3) is 0 Å². The molecule has 0 atom stereocenters. The van der Waals surface area contributed by atoms with Crippen molar-refractivity contribution in [3.05, 3.63) is 47.3 Å². The number of rotatable bonds is 7. The lowest BCUT2D eigenvalue weighted by molar-refractivity contribution is -0.153. The van der Waals surface area contributed by atoms with Crippen LogP contribution in [0.1, 0.15) is 25.3 Å². The number of ether oxygens (including phenoxy) is 1. The van der Waals surface area contributed by atoms with Gasteiger partial charge in [-0.25, -0.2) is 4.99 Å². The van der Waals surface area contributed by atoms with Crippen LogP contribution in [-0.2, 0) is 6.54 Å². The van der Waals surface area contributed by atoms with E-state index in [2.05, 4.69) is 38.0 Å². The molecule has 0 unspecified atom stereocenters. The van der Waals surface area contributed by atoms with Crippen LogP contribution < -0.4 is 20.3 Å². The number of anilines is 1. The maximum atomic E-state index is 12.3. The first kappa shape index (κ1) is 22.3. The number of thiophene rings is 1. The van der Waals surface area contributed by atoms with Gasteiger partial charge < -0.3 is 20.3 Å². The van der Waals surface area contributed by atoms with Gasteiger partial charge in [0, 0.05) is 25.7 Å². The van der Waals surface area contributed by atoms with E-state index in [1.165, 1.54) is 11.1 Å². The molecule has 0 spiro atoms. The summed E-state index contributed by atoms with van der Waals surface area (Å²) in [4.78, 5) is 7.00. The molecule has 0 bridgehead atoms. The summed E-state index contributed by atoms with van der Waals surface area (Å²) in [5, 5.41) is 10.1. The number of hydrogen-bond acceptors (Lipinski definition) is 4. The summed E-state index contributed by atoms with van der Waals surface area (Å²) in [6.45, 7) is 3.78. The first-order valence-electron chi connectivity index (χ1n) is 10.0. The second kappa shape index (κ2) is 10.6. The molecule has 1 aromatic carbocycles. The fourth-order valence-electron chi connectivity index (χ4n) is 3.28. The standard InChI is InChI=1S/C21H27F3N4OS/c1-2-25-20(27-17-8-10-28(11-9-17)19-7-4-12-30-19)26-14-16-5-3-6-18(13-16)29-15-21(22,23)24/h3-7,12-13,17H,2,8-11,14-15H2,1H3,(H2,25,26,27). The third-order valence-electron chi connectivity index (χ3n) is 4.72. The van der Waals surface area contributed by atoms with Crippen molar-refractivity contribution in [1.29, 1.82) is 0 Å². The Bertz CT molecular complexity index is 803. The predicted molar refractivity (Wildman–Crippen MR) is 115 cm³/mol. The van der Waals surface area contributed by atoms with Crippen molar-refractivity contribution in [3.8, 4) is 5.75 Å². The first-order valence-corrected chi connectivity index (χ1v) is 10.9. The van der Waals surface area contributed by atoms with Crippen LogP contribution in [0.4, 0.5) is 18.2 Å². The molecule has 9 heteroatoms. The maximum Gasteiger partial charge on any atom is 0.422 e. The number of benzene rings is 1. The van der Waals surface area contributed by atoms with Gasteiger partial charge in [-0.15, -0.1) is 11.3 Å². The highest BCUT2D eigenvalue weighted by Crippen LogP contribution is 2.25. The van der Waals surface area contributed by atoms with Crippen LogP contribution in [0.5, 0.6) is 5.75 Å². The molecule has 0 aliphatic carbocycles. The molecule has 1 saturated heterocycles. The molecule has 0 amide bonds. The van der Waals surface area contributed by atoms with Crippen LogP contribution in [0.2, 0.25) is 0 Å². The molecule has 164 valence electrons. The number of nitrogens with zero attached hydrogens (tertiary/aromatic N) is 2. The fraction of sp³-hybridized carbons (Fsp3) is 0.476. The van der Waals surface area contributed by atoms with Gasteiger partial charge in [-0.1, -0.05) is 12.1 Å². The van der Waals surface area contributed by atoms with Gasteiger partial charge in [-0.2, -0.15) is 13.2 Å². The zero-order valence-electron chi connectivity index (χ0n) is 16.9. The van der Waals surface area contributed by atoms with Crippen molar-refractivity contribution >= 4 is 22.3 Å². The normalized spacial score (nSPS) is 15.9. The third-order valence-corrected chi connectivity index (χ3v) is 5.65. The van der Waals surface area contributed by atoms with Gasteiger partial charge in [0.05, 0.1) is 11.5 Å². The van der Waals surface area contributed by atoms with E-state index in [1.54, 1.807) is 23.5 Å². The molecule has 30 heavy (non-hydrogen) atoms. The summed E-state index contributed by atoms with van der Waals surface area (Å²) in [6, 6.07) is 11.2. The van der Waals surface area contributed by atoms with E-state index < -0.39 is 12.8 Å². The van der Waals surface area contributed by atoms with Gasteiger partial charge in [0.1, 0.15) is 5.75 Å². The molecule has 2 N–H and O–H groups in total. The van der Waals surface area contributed by atoms with E-state index in [4.69, 9.17) is 4.74 Å². The molecule has 1 aliphatic rings. The number of aliphatic imine (C=N–C) groups is 1. The Morgan fingerprint density at radius 1 is 1.23 bits per heavy atom. The lowest BCUT2D eigenvalue weighted by atomic mass is 10.1. The van der Waals surface area contributed by atoms with E-state index in [1.807, 2.05) is 13.0 Å². The first-order chi connectivity index (χ1) is 14.4. The van der Waals surface area contributed by atoms with Gasteiger partial charge in [0.2, 0.25) is 0 Å². The smallest absolute Gasteiger partial charge is 0.422 e. The number of alkyl halides is 3. The molecule has 1 aromatic heterocycles. The average molecular weight is 441 g/mol. The van der Waals surface area contributed by atoms with Crippen molar-refractivity contribution in [3.63, 3.8) is 0 Å². The SMILES string of the molecule is CCNC(=NCc1cccc(OCC(F)(F)F)c1)NC1CCN(c2cccs2)CC1. The van der Waals surface area contributed by atoms with Gasteiger partial charge in [-0.05, 0) is 55.0 Å². The van der Waals surface area contributed by atoms with Gasteiger partial charge >= 0.3 is 6.18 Å². The van der Waals surface area contributed by atoms with Crippen molar-refractivity contribution < 1.29 is 17.9 Å². The molecule has 2 aromatic rings. The Kier molecular flexibility index (Phi) is 7.84. The minimum atomic E-state index is -4.35. The Morgan fingerprint density at radius 2 is 2.03 bits per heavy atom. The third kappa shape index (κ3) is 7.12. The van der Waals surface area contributed by atoms with E-state index in [0.717, 1.165) is 38.0 Å². The summed E-state index contributed by atoms with van der Waals surface area (Å²) >= 11 is 1.76. The molecule has 1 aliphatic heterocycles. The zero-order valence-corrected chi connectivity index (χ0v) is 17.7. The lowest BCUT2D eigenvalue weighted by Gasteiger charge is -2.33. The van der Waals surface area contributed by atoms with Crippen molar-refractivity contribution in [1.82, 2.24) is 10.6 Å². The highest BCUT2D eigenvalue weighted by Gasteiger charge is 2.28. The maximum absolute atomic E-state index is 12.3. The quantitative estimate of drug-likeness (QED) is 0.495. The minimum absolute atomic E-state index is 0.193. The van der Waals surface area contributed by atoms with Gasteiger partial charge in [0.25, 0.3) is 0 Å². The number of guanidine groups is 1. The summed E-state index contributed by atoms with van der Waals surface area (Å²) in [5.74, 6) is 0.910. The Labute approximate surface area is 179 Å². The Hall–Kier alpha value is -2.42. The van der Waals surface area contributed by atoms with Crippen LogP contribution in [-0.4, -0.2) is 44.4 Å². The molecule has 1 fully saturated rings. The topological polar surface area (TPSA) is 48.9 Å². The largest absolute Gasteiger partial charge is 0.484 e. The van der Waals surface area contributed by atoms with Crippen LogP contribution >= 0.6 is 11.3 Å². The van der Waals surface area contributed by atoms with Crippen LogP contribution in [0.15, 0.2) is 46.8 Å². The average Bonchev–Trinajstić information content (AvgIpc) is 3.26. The van der Waals surface area contributed by atoms with Crippen molar-refractivity contribution in [2.75, 3.05) is 31.1 Å². The monoisotopic (exact) mass is 440 g/mol. The van der Waals surface area contributed by atoms with Gasteiger partial charge in [-0.3, -0.25) is 0 Å². The van der Waals surface area contributed by atoms with Crippen LogP contribution in [0, 0.1) is 0 Å². The minimum Gasteiger partial charge on any atom is -0.484 e. The number of hydrogen-bond donors (Lipinski definition) is 2. The highest BCUT2D eigenvalue weighted by atomic mass is 32.1. The van der Waals surface area contributed by atoms with Crippen molar-refractivity contribution in [2.24, 2.45) is 4.99 Å². The predicted octanol–water partition coefficient (Wildman–Crippen LogP) is 4.41. The molecule has 0 saturated carbocycles. The Balaban J connectivity index is 1.53. The van der Waals surface area contributed by atoms with Crippen LogP contribution in [0.3, 0.4) is 0 Å². The molecular formula is C21H27F3N4OS.